The zero-order valence-corrected chi connectivity index (χ0v) is 19.2. The Morgan fingerprint density at radius 3 is 2.45 bits per heavy atom. The molecule has 1 atom stereocenters. The molecule has 1 aliphatic carbocycles. The molecule has 5 nitrogen and oxygen atoms in total. The zero-order valence-electron chi connectivity index (χ0n) is 18.4. The predicted molar refractivity (Wildman–Crippen MR) is 119 cm³/mol. The highest BCUT2D eigenvalue weighted by atomic mass is 32.2. The van der Waals surface area contributed by atoms with Gasteiger partial charge in [0.05, 0.1) is 27.8 Å². The van der Waals surface area contributed by atoms with Crippen molar-refractivity contribution in [3.8, 4) is 0 Å². The molecule has 3 rings (SSSR count). The van der Waals surface area contributed by atoms with Gasteiger partial charge in [0.15, 0.2) is 9.84 Å². The SMILES string of the molecule is O=C(O)C1=CC=CN(CC2CCCCCC2)C1CCCS(=O)(=O)c1cccc(C(F)(F)F)c1. The van der Waals surface area contributed by atoms with Crippen molar-refractivity contribution in [3.05, 3.63) is 53.8 Å². The maximum atomic E-state index is 13.0. The highest BCUT2D eigenvalue weighted by Crippen LogP contribution is 2.31. The molecule has 1 aromatic carbocycles. The fourth-order valence-corrected chi connectivity index (χ4v) is 6.04. The lowest BCUT2D eigenvalue weighted by atomic mass is 9.94. The number of carboxylic acid groups (broad SMARTS) is 1. The lowest BCUT2D eigenvalue weighted by molar-refractivity contribution is -0.137. The number of carbonyl (C=O) groups is 1. The van der Waals surface area contributed by atoms with Crippen molar-refractivity contribution in [1.82, 2.24) is 4.90 Å². The molecule has 1 aromatic rings. The molecule has 1 aliphatic heterocycles. The molecule has 1 N–H and O–H groups in total. The second-order valence-electron chi connectivity index (χ2n) is 8.83. The van der Waals surface area contributed by atoms with Crippen LogP contribution >= 0.6 is 0 Å². The average molecular weight is 486 g/mol. The van der Waals surface area contributed by atoms with Gasteiger partial charge in [0.1, 0.15) is 0 Å². The normalized spacial score (nSPS) is 20.4. The summed E-state index contributed by atoms with van der Waals surface area (Å²) in [5.74, 6) is -0.934. The third-order valence-corrected chi connectivity index (χ3v) is 8.21. The van der Waals surface area contributed by atoms with E-state index in [9.17, 15) is 31.5 Å². The molecule has 182 valence electrons. The van der Waals surface area contributed by atoms with E-state index in [0.29, 0.717) is 18.5 Å². The first kappa shape index (κ1) is 25.3. The van der Waals surface area contributed by atoms with E-state index in [2.05, 4.69) is 0 Å². The molecule has 0 amide bonds. The van der Waals surface area contributed by atoms with Crippen LogP contribution in [0.15, 0.2) is 53.1 Å². The van der Waals surface area contributed by atoms with E-state index in [4.69, 9.17) is 0 Å². The topological polar surface area (TPSA) is 74.7 Å². The second kappa shape index (κ2) is 10.8. The summed E-state index contributed by atoms with van der Waals surface area (Å²) in [7, 11) is -3.93. The molecule has 0 aromatic heterocycles. The number of hydrogen-bond donors (Lipinski definition) is 1. The Balaban J connectivity index is 1.69. The summed E-state index contributed by atoms with van der Waals surface area (Å²) in [6.45, 7) is 0.714. The highest BCUT2D eigenvalue weighted by molar-refractivity contribution is 7.91. The molecule has 2 aliphatic rings. The van der Waals surface area contributed by atoms with E-state index in [0.717, 1.165) is 43.9 Å². The molecular formula is C24H30F3NO4S. The van der Waals surface area contributed by atoms with Crippen LogP contribution in [-0.4, -0.2) is 42.7 Å². The minimum absolute atomic E-state index is 0.142. The lowest BCUT2D eigenvalue weighted by Crippen LogP contribution is -2.39. The van der Waals surface area contributed by atoms with Gasteiger partial charge in [-0.3, -0.25) is 0 Å². The maximum absolute atomic E-state index is 13.0. The molecule has 1 unspecified atom stereocenters. The summed E-state index contributed by atoms with van der Waals surface area (Å²) in [5.41, 5.74) is -0.797. The fourth-order valence-electron chi connectivity index (χ4n) is 4.67. The van der Waals surface area contributed by atoms with Gasteiger partial charge in [0.25, 0.3) is 0 Å². The molecule has 1 saturated carbocycles. The summed E-state index contributed by atoms with van der Waals surface area (Å²) >= 11 is 0. The van der Waals surface area contributed by atoms with Crippen LogP contribution in [0, 0.1) is 5.92 Å². The van der Waals surface area contributed by atoms with E-state index in [1.165, 1.54) is 18.9 Å². The Morgan fingerprint density at radius 1 is 1.12 bits per heavy atom. The van der Waals surface area contributed by atoms with Gasteiger partial charge in [-0.1, -0.05) is 31.7 Å². The molecule has 9 heteroatoms. The Kier molecular flexibility index (Phi) is 8.26. The van der Waals surface area contributed by atoms with Gasteiger partial charge >= 0.3 is 12.1 Å². The van der Waals surface area contributed by atoms with Crippen LogP contribution in [0.25, 0.3) is 0 Å². The van der Waals surface area contributed by atoms with Crippen LogP contribution < -0.4 is 0 Å². The number of sulfone groups is 1. The van der Waals surface area contributed by atoms with E-state index < -0.39 is 33.6 Å². The van der Waals surface area contributed by atoms with Crippen molar-refractivity contribution in [2.45, 2.75) is 68.5 Å². The first-order valence-electron chi connectivity index (χ1n) is 11.4. The third-order valence-electron chi connectivity index (χ3n) is 6.41. The van der Waals surface area contributed by atoms with E-state index >= 15 is 0 Å². The Hall–Kier alpha value is -2.29. The lowest BCUT2D eigenvalue weighted by Gasteiger charge is -2.36. The number of hydrogen-bond acceptors (Lipinski definition) is 4. The Labute approximate surface area is 192 Å². The van der Waals surface area contributed by atoms with Crippen LogP contribution in [-0.2, 0) is 20.8 Å². The van der Waals surface area contributed by atoms with E-state index in [-0.39, 0.29) is 29.1 Å². The quantitative estimate of drug-likeness (QED) is 0.497. The minimum atomic E-state index is -4.63. The molecule has 1 fully saturated rings. The highest BCUT2D eigenvalue weighted by Gasteiger charge is 2.32. The summed E-state index contributed by atoms with van der Waals surface area (Å²) in [5, 5.41) is 9.67. The van der Waals surface area contributed by atoms with Crippen LogP contribution in [0.1, 0.15) is 56.9 Å². The predicted octanol–water partition coefficient (Wildman–Crippen LogP) is 5.44. The molecule has 0 radical (unpaired) electrons. The Bertz CT molecular complexity index is 993. The monoisotopic (exact) mass is 485 g/mol. The third kappa shape index (κ3) is 6.85. The molecule has 0 bridgehead atoms. The van der Waals surface area contributed by atoms with Gasteiger partial charge in [0, 0.05) is 6.54 Å². The van der Waals surface area contributed by atoms with Crippen LogP contribution in [0.5, 0.6) is 0 Å². The minimum Gasteiger partial charge on any atom is -0.478 e. The van der Waals surface area contributed by atoms with Crippen molar-refractivity contribution >= 4 is 15.8 Å². The smallest absolute Gasteiger partial charge is 0.416 e. The number of alkyl halides is 3. The molecular weight excluding hydrogens is 455 g/mol. The summed E-state index contributed by atoms with van der Waals surface area (Å²) in [6.07, 6.45) is 7.83. The summed E-state index contributed by atoms with van der Waals surface area (Å²) in [4.78, 5) is 13.4. The second-order valence-corrected chi connectivity index (χ2v) is 10.9. The first-order valence-corrected chi connectivity index (χ1v) is 13.0. The van der Waals surface area contributed by atoms with Crippen LogP contribution in [0.2, 0.25) is 0 Å². The van der Waals surface area contributed by atoms with Crippen molar-refractivity contribution in [3.63, 3.8) is 0 Å². The number of carboxylic acids is 1. The number of rotatable bonds is 8. The van der Waals surface area contributed by atoms with Crippen molar-refractivity contribution in [1.29, 1.82) is 0 Å². The van der Waals surface area contributed by atoms with Gasteiger partial charge in [-0.25, -0.2) is 13.2 Å². The Morgan fingerprint density at radius 2 is 1.82 bits per heavy atom. The van der Waals surface area contributed by atoms with Crippen LogP contribution in [0.3, 0.4) is 0 Å². The molecule has 1 heterocycles. The number of halogens is 3. The van der Waals surface area contributed by atoms with Crippen LogP contribution in [0.4, 0.5) is 13.2 Å². The van der Waals surface area contributed by atoms with Crippen molar-refractivity contribution in [2.75, 3.05) is 12.3 Å². The van der Waals surface area contributed by atoms with Crippen molar-refractivity contribution < 1.29 is 31.5 Å². The maximum Gasteiger partial charge on any atom is 0.416 e. The fraction of sp³-hybridized carbons (Fsp3) is 0.542. The van der Waals surface area contributed by atoms with E-state index in [1.54, 1.807) is 6.08 Å². The summed E-state index contributed by atoms with van der Waals surface area (Å²) < 4.78 is 64.2. The van der Waals surface area contributed by atoms with E-state index in [1.807, 2.05) is 11.1 Å². The van der Waals surface area contributed by atoms with Gasteiger partial charge in [-0.15, -0.1) is 0 Å². The first-order chi connectivity index (χ1) is 15.6. The number of benzene rings is 1. The molecule has 0 spiro atoms. The standard InChI is InChI=1S/C24H30F3NO4S/c25-24(26,27)19-10-5-11-20(16-19)33(31,32)15-7-13-22-21(23(29)30)12-6-14-28(22)17-18-8-3-1-2-4-9-18/h5-6,10-12,14,16,18,22H,1-4,7-9,13,15,17H2,(H,29,30). The van der Waals surface area contributed by atoms with Gasteiger partial charge in [-0.05, 0) is 68.2 Å². The van der Waals surface area contributed by atoms with Gasteiger partial charge < -0.3 is 10.0 Å². The van der Waals surface area contributed by atoms with Crippen molar-refractivity contribution in [2.24, 2.45) is 5.92 Å². The largest absolute Gasteiger partial charge is 0.478 e. The number of aliphatic carboxylic acids is 1. The molecule has 0 saturated heterocycles. The molecule has 33 heavy (non-hydrogen) atoms. The average Bonchev–Trinajstić information content (AvgIpc) is 3.02. The summed E-state index contributed by atoms with van der Waals surface area (Å²) in [6, 6.07) is 3.27. The van der Waals surface area contributed by atoms with Gasteiger partial charge in [0.2, 0.25) is 0 Å². The van der Waals surface area contributed by atoms with Gasteiger partial charge in [-0.2, -0.15) is 13.2 Å². The zero-order chi connectivity index (χ0) is 24.1. The number of nitrogens with zero attached hydrogens (tertiary/aromatic N) is 1. The number of allylic oxidation sites excluding steroid dienone is 2.